The van der Waals surface area contributed by atoms with Crippen molar-refractivity contribution in [1.82, 2.24) is 20.1 Å². The fourth-order valence-electron chi connectivity index (χ4n) is 1.86. The van der Waals surface area contributed by atoms with Crippen LogP contribution in [0.25, 0.3) is 5.69 Å². The van der Waals surface area contributed by atoms with E-state index < -0.39 is 0 Å². The normalized spacial score (nSPS) is 14.2. The summed E-state index contributed by atoms with van der Waals surface area (Å²) in [6, 6.07) is 6.16. The van der Waals surface area contributed by atoms with Crippen LogP contribution in [0, 0.1) is 6.92 Å². The van der Waals surface area contributed by atoms with Crippen LogP contribution >= 0.6 is 23.4 Å². The van der Waals surface area contributed by atoms with Crippen molar-refractivity contribution in [3.63, 3.8) is 0 Å². The molecule has 0 bridgehead atoms. The minimum Gasteiger partial charge on any atom is -0.353 e. The predicted octanol–water partition coefficient (Wildman–Crippen LogP) is 2.60. The first-order chi connectivity index (χ1) is 10.1. The Morgan fingerprint density at radius 3 is 3.05 bits per heavy atom. The fourth-order valence-corrected chi connectivity index (χ4v) is 2.77. The van der Waals surface area contributed by atoms with Crippen molar-refractivity contribution < 1.29 is 4.79 Å². The molecule has 1 fully saturated rings. The summed E-state index contributed by atoms with van der Waals surface area (Å²) in [5.41, 5.74) is 1.91. The Bertz CT molecular complexity index is 669. The van der Waals surface area contributed by atoms with Gasteiger partial charge in [0.25, 0.3) is 0 Å². The molecular weight excluding hydrogens is 308 g/mol. The Kier molecular flexibility index (Phi) is 4.17. The van der Waals surface area contributed by atoms with Crippen molar-refractivity contribution in [2.24, 2.45) is 0 Å². The number of amides is 1. The van der Waals surface area contributed by atoms with Gasteiger partial charge in [0, 0.05) is 11.1 Å². The van der Waals surface area contributed by atoms with Gasteiger partial charge in [0.15, 0.2) is 5.16 Å². The zero-order valence-corrected chi connectivity index (χ0v) is 13.1. The molecule has 1 heterocycles. The van der Waals surface area contributed by atoms with Gasteiger partial charge in [0.1, 0.15) is 6.33 Å². The second-order valence-electron chi connectivity index (χ2n) is 5.05. The lowest BCUT2D eigenvalue weighted by Crippen LogP contribution is -2.27. The number of hydrogen-bond donors (Lipinski definition) is 1. The third-order valence-corrected chi connectivity index (χ3v) is 4.58. The molecule has 0 unspecified atom stereocenters. The molecule has 0 aliphatic heterocycles. The van der Waals surface area contributed by atoms with E-state index in [1.54, 1.807) is 6.33 Å². The van der Waals surface area contributed by atoms with Crippen molar-refractivity contribution in [3.8, 4) is 5.69 Å². The number of nitrogens with one attached hydrogen (secondary N) is 1. The monoisotopic (exact) mass is 322 g/mol. The summed E-state index contributed by atoms with van der Waals surface area (Å²) in [5.74, 6) is 0.383. The number of aromatic nitrogens is 3. The maximum absolute atomic E-state index is 11.7. The number of nitrogens with zero attached hydrogens (tertiary/aromatic N) is 3. The summed E-state index contributed by atoms with van der Waals surface area (Å²) >= 11 is 7.52. The number of rotatable bonds is 5. The van der Waals surface area contributed by atoms with Crippen LogP contribution in [0.2, 0.25) is 5.02 Å². The van der Waals surface area contributed by atoms with Gasteiger partial charge in [-0.15, -0.1) is 10.2 Å². The lowest BCUT2D eigenvalue weighted by molar-refractivity contribution is -0.118. The van der Waals surface area contributed by atoms with Gasteiger partial charge < -0.3 is 5.32 Å². The van der Waals surface area contributed by atoms with Gasteiger partial charge in [-0.05, 0) is 37.5 Å². The summed E-state index contributed by atoms with van der Waals surface area (Å²) in [6.07, 6.45) is 3.81. The second kappa shape index (κ2) is 6.07. The average Bonchev–Trinajstić information content (AvgIpc) is 3.14. The number of benzene rings is 1. The first-order valence-electron chi connectivity index (χ1n) is 6.72. The highest BCUT2D eigenvalue weighted by Crippen LogP contribution is 2.24. The predicted molar refractivity (Wildman–Crippen MR) is 83.0 cm³/mol. The number of aryl methyl sites for hydroxylation is 1. The van der Waals surface area contributed by atoms with E-state index in [1.807, 2.05) is 29.7 Å². The Hall–Kier alpha value is -1.53. The average molecular weight is 323 g/mol. The molecule has 3 rings (SSSR count). The topological polar surface area (TPSA) is 59.8 Å². The second-order valence-corrected chi connectivity index (χ2v) is 6.40. The van der Waals surface area contributed by atoms with Gasteiger partial charge >= 0.3 is 0 Å². The van der Waals surface area contributed by atoms with Crippen LogP contribution in [0.1, 0.15) is 18.4 Å². The zero-order valence-electron chi connectivity index (χ0n) is 11.5. The van der Waals surface area contributed by atoms with Crippen LogP contribution in [0.4, 0.5) is 0 Å². The Labute approximate surface area is 132 Å². The lowest BCUT2D eigenvalue weighted by atomic mass is 10.2. The molecule has 1 saturated carbocycles. The van der Waals surface area contributed by atoms with Gasteiger partial charge in [-0.2, -0.15) is 0 Å². The van der Waals surface area contributed by atoms with E-state index in [2.05, 4.69) is 15.5 Å². The lowest BCUT2D eigenvalue weighted by Gasteiger charge is -2.08. The minimum absolute atomic E-state index is 0.0407. The summed E-state index contributed by atoms with van der Waals surface area (Å²) in [6.45, 7) is 1.95. The maximum Gasteiger partial charge on any atom is 0.230 e. The minimum atomic E-state index is 0.0407. The largest absolute Gasteiger partial charge is 0.353 e. The molecule has 0 radical (unpaired) electrons. The van der Waals surface area contributed by atoms with E-state index >= 15 is 0 Å². The standard InChI is InChI=1S/C14H15ClN4OS/c1-9-2-5-11(6-12(9)15)19-8-16-18-14(19)21-7-13(20)17-10-3-4-10/h2,5-6,8,10H,3-4,7H2,1H3,(H,17,20). The molecule has 1 aromatic heterocycles. The molecule has 1 amide bonds. The SMILES string of the molecule is Cc1ccc(-n2cnnc2SCC(=O)NC2CC2)cc1Cl. The van der Waals surface area contributed by atoms with Crippen molar-refractivity contribution in [3.05, 3.63) is 35.1 Å². The van der Waals surface area contributed by atoms with Crippen molar-refractivity contribution >= 4 is 29.3 Å². The first kappa shape index (κ1) is 14.4. The summed E-state index contributed by atoms with van der Waals surface area (Å²) in [5, 5.41) is 12.3. The quantitative estimate of drug-likeness (QED) is 0.860. The van der Waals surface area contributed by atoms with Crippen molar-refractivity contribution in [1.29, 1.82) is 0 Å². The number of thioether (sulfide) groups is 1. The van der Waals surface area contributed by atoms with Crippen LogP contribution < -0.4 is 5.32 Å². The first-order valence-corrected chi connectivity index (χ1v) is 8.08. The van der Waals surface area contributed by atoms with E-state index in [4.69, 9.17) is 11.6 Å². The van der Waals surface area contributed by atoms with Crippen molar-refractivity contribution in [2.75, 3.05) is 5.75 Å². The van der Waals surface area contributed by atoms with Crippen LogP contribution in [0.5, 0.6) is 0 Å². The smallest absolute Gasteiger partial charge is 0.230 e. The Balaban J connectivity index is 1.70. The molecule has 0 saturated heterocycles. The van der Waals surface area contributed by atoms with Gasteiger partial charge in [-0.1, -0.05) is 29.4 Å². The molecule has 5 nitrogen and oxygen atoms in total. The maximum atomic E-state index is 11.7. The molecule has 1 aromatic carbocycles. The van der Waals surface area contributed by atoms with Crippen LogP contribution in [0.3, 0.4) is 0 Å². The van der Waals surface area contributed by atoms with E-state index in [0.717, 1.165) is 24.1 Å². The molecular formula is C14H15ClN4OS. The van der Waals surface area contributed by atoms with E-state index in [-0.39, 0.29) is 5.91 Å². The zero-order chi connectivity index (χ0) is 14.8. The highest BCUT2D eigenvalue weighted by Gasteiger charge is 2.23. The van der Waals surface area contributed by atoms with Crippen LogP contribution in [-0.2, 0) is 4.79 Å². The van der Waals surface area contributed by atoms with Gasteiger partial charge in [-0.3, -0.25) is 9.36 Å². The van der Waals surface area contributed by atoms with Gasteiger partial charge in [0.2, 0.25) is 5.91 Å². The Morgan fingerprint density at radius 1 is 1.52 bits per heavy atom. The highest BCUT2D eigenvalue weighted by molar-refractivity contribution is 7.99. The molecule has 110 valence electrons. The molecule has 1 aliphatic rings. The molecule has 1 N–H and O–H groups in total. The fraction of sp³-hybridized carbons (Fsp3) is 0.357. The molecule has 0 atom stereocenters. The summed E-state index contributed by atoms with van der Waals surface area (Å²) in [7, 11) is 0. The highest BCUT2D eigenvalue weighted by atomic mass is 35.5. The summed E-state index contributed by atoms with van der Waals surface area (Å²) in [4.78, 5) is 11.7. The Morgan fingerprint density at radius 2 is 2.33 bits per heavy atom. The molecule has 7 heteroatoms. The molecule has 2 aromatic rings. The summed E-state index contributed by atoms with van der Waals surface area (Å²) < 4.78 is 1.83. The number of halogens is 1. The molecule has 0 spiro atoms. The molecule has 1 aliphatic carbocycles. The van der Waals surface area contributed by atoms with Crippen molar-refractivity contribution in [2.45, 2.75) is 31.0 Å². The number of carbonyl (C=O) groups excluding carboxylic acids is 1. The third-order valence-electron chi connectivity index (χ3n) is 3.22. The number of carbonyl (C=O) groups is 1. The number of hydrogen-bond acceptors (Lipinski definition) is 4. The van der Waals surface area contributed by atoms with Gasteiger partial charge in [-0.25, -0.2) is 0 Å². The van der Waals surface area contributed by atoms with Gasteiger partial charge in [0.05, 0.1) is 11.4 Å². The van der Waals surface area contributed by atoms with E-state index in [9.17, 15) is 4.79 Å². The van der Waals surface area contributed by atoms with E-state index in [0.29, 0.717) is 22.0 Å². The van der Waals surface area contributed by atoms with Crippen LogP contribution in [-0.4, -0.2) is 32.5 Å². The van der Waals surface area contributed by atoms with E-state index in [1.165, 1.54) is 11.8 Å². The molecule has 21 heavy (non-hydrogen) atoms. The third kappa shape index (κ3) is 3.57. The van der Waals surface area contributed by atoms with Crippen LogP contribution in [0.15, 0.2) is 29.7 Å².